The molecule has 0 aliphatic rings. The molecule has 0 fully saturated rings. The number of hydrogen-bond donors (Lipinski definition) is 2. The van der Waals surface area contributed by atoms with E-state index in [1.165, 1.54) is 0 Å². The fourth-order valence-corrected chi connectivity index (χ4v) is 4.71. The molecule has 12 nitrogen and oxygen atoms in total. The molecule has 6 aromatic rings. The standard InChI is InChI=1S/C20H18F3N5O2.C16H12F3N5/c1-2-30-18(29)9-7-14-6-8-16(28-27-14)13-4-3-5-15(12-13)25-19-24-11-10-17(26-19)20(21,22)23;1-10-7-11(14-20-4-2-5-21-14)9-12(8-10)23-15-22-6-3-13(24-15)16(17,18)19/h3-6,8,10-12H,2,7,9H2,1H3,(H,24,25,26);2-9H,1H3,(H,22,23,24). The number of hydrogen-bond acceptors (Lipinski definition) is 12. The molecule has 0 saturated heterocycles. The van der Waals surface area contributed by atoms with Crippen molar-refractivity contribution in [1.29, 1.82) is 0 Å². The Bertz CT molecular complexity index is 2170. The summed E-state index contributed by atoms with van der Waals surface area (Å²) in [6.45, 7) is 3.94. The minimum atomic E-state index is -4.55. The van der Waals surface area contributed by atoms with Gasteiger partial charge in [0.1, 0.15) is 11.4 Å². The molecule has 0 atom stereocenters. The summed E-state index contributed by atoms with van der Waals surface area (Å²) in [6.07, 6.45) is -3.08. The Morgan fingerprint density at radius 1 is 0.685 bits per heavy atom. The van der Waals surface area contributed by atoms with Gasteiger partial charge < -0.3 is 15.4 Å². The Balaban J connectivity index is 0.000000213. The van der Waals surface area contributed by atoms with Gasteiger partial charge in [-0.3, -0.25) is 4.79 Å². The van der Waals surface area contributed by atoms with Gasteiger partial charge in [-0.25, -0.2) is 29.9 Å². The number of alkyl halides is 6. The van der Waals surface area contributed by atoms with Gasteiger partial charge in [0.2, 0.25) is 11.9 Å². The highest BCUT2D eigenvalue weighted by Gasteiger charge is 2.33. The molecule has 0 bridgehead atoms. The van der Waals surface area contributed by atoms with Gasteiger partial charge in [0, 0.05) is 53.7 Å². The number of nitrogens with zero attached hydrogens (tertiary/aromatic N) is 8. The largest absolute Gasteiger partial charge is 0.466 e. The van der Waals surface area contributed by atoms with E-state index >= 15 is 0 Å². The molecule has 278 valence electrons. The molecule has 4 heterocycles. The zero-order valence-corrected chi connectivity index (χ0v) is 28.5. The second kappa shape index (κ2) is 17.3. The van der Waals surface area contributed by atoms with Gasteiger partial charge in [-0.1, -0.05) is 12.1 Å². The van der Waals surface area contributed by atoms with E-state index in [-0.39, 0.29) is 24.3 Å². The Morgan fingerprint density at radius 2 is 1.31 bits per heavy atom. The third kappa shape index (κ3) is 11.2. The molecule has 0 radical (unpaired) electrons. The van der Waals surface area contributed by atoms with Crippen LogP contribution in [-0.2, 0) is 28.3 Å². The van der Waals surface area contributed by atoms with Crippen LogP contribution in [0.2, 0.25) is 0 Å². The quantitative estimate of drug-likeness (QED) is 0.103. The van der Waals surface area contributed by atoms with Crippen molar-refractivity contribution in [3.63, 3.8) is 0 Å². The van der Waals surface area contributed by atoms with Crippen LogP contribution in [0.15, 0.2) is 97.6 Å². The van der Waals surface area contributed by atoms with Crippen LogP contribution in [0.4, 0.5) is 49.6 Å². The number of anilines is 4. The molecule has 0 saturated carbocycles. The third-order valence-corrected chi connectivity index (χ3v) is 7.07. The van der Waals surface area contributed by atoms with E-state index in [2.05, 4.69) is 50.7 Å². The molecule has 0 aliphatic heterocycles. The van der Waals surface area contributed by atoms with E-state index in [9.17, 15) is 31.1 Å². The lowest BCUT2D eigenvalue weighted by Gasteiger charge is -2.10. The van der Waals surface area contributed by atoms with Crippen LogP contribution < -0.4 is 10.6 Å². The molecule has 2 N–H and O–H groups in total. The van der Waals surface area contributed by atoms with Crippen LogP contribution in [-0.4, -0.2) is 52.7 Å². The maximum Gasteiger partial charge on any atom is 0.433 e. The van der Waals surface area contributed by atoms with Crippen molar-refractivity contribution >= 4 is 29.2 Å². The Morgan fingerprint density at radius 3 is 1.91 bits per heavy atom. The fraction of sp³-hybridized carbons (Fsp3) is 0.194. The lowest BCUT2D eigenvalue weighted by molar-refractivity contribution is -0.143. The second-order valence-corrected chi connectivity index (χ2v) is 11.2. The molecule has 54 heavy (non-hydrogen) atoms. The maximum absolute atomic E-state index is 12.8. The highest BCUT2D eigenvalue weighted by molar-refractivity contribution is 5.70. The molecule has 0 aliphatic carbocycles. The van der Waals surface area contributed by atoms with E-state index in [0.29, 0.717) is 47.2 Å². The Hall–Kier alpha value is -6.59. The number of esters is 1. The predicted octanol–water partition coefficient (Wildman–Crippen LogP) is 8.20. The van der Waals surface area contributed by atoms with Crippen molar-refractivity contribution < 1.29 is 35.9 Å². The lowest BCUT2D eigenvalue weighted by Crippen LogP contribution is -2.10. The first kappa shape index (κ1) is 38.6. The number of aromatic nitrogens is 8. The molecule has 18 heteroatoms. The van der Waals surface area contributed by atoms with Gasteiger partial charge in [-0.15, -0.1) is 0 Å². The summed E-state index contributed by atoms with van der Waals surface area (Å²) in [5.74, 6) is -0.0640. The van der Waals surface area contributed by atoms with Crippen LogP contribution >= 0.6 is 0 Å². The smallest absolute Gasteiger partial charge is 0.433 e. The van der Waals surface area contributed by atoms with Gasteiger partial charge in [0.25, 0.3) is 0 Å². The zero-order chi connectivity index (χ0) is 38.7. The first-order valence-electron chi connectivity index (χ1n) is 16.1. The van der Waals surface area contributed by atoms with E-state index in [4.69, 9.17) is 4.74 Å². The molecule has 4 aromatic heterocycles. The summed E-state index contributed by atoms with van der Waals surface area (Å²) in [5, 5.41) is 13.8. The molecule has 0 amide bonds. The fourth-order valence-electron chi connectivity index (χ4n) is 4.71. The number of ether oxygens (including phenoxy) is 1. The van der Waals surface area contributed by atoms with Crippen molar-refractivity contribution in [3.05, 3.63) is 120 Å². The third-order valence-electron chi connectivity index (χ3n) is 7.07. The van der Waals surface area contributed by atoms with Crippen molar-refractivity contribution in [1.82, 2.24) is 40.1 Å². The zero-order valence-electron chi connectivity index (χ0n) is 28.5. The molecular weight excluding hydrogens is 718 g/mol. The van der Waals surface area contributed by atoms with Gasteiger partial charge in [0.15, 0.2) is 5.82 Å². The summed E-state index contributed by atoms with van der Waals surface area (Å²) in [5.41, 5.74) is 2.59. The number of benzene rings is 2. The van der Waals surface area contributed by atoms with Crippen molar-refractivity contribution in [2.75, 3.05) is 17.2 Å². The summed E-state index contributed by atoms with van der Waals surface area (Å²) >= 11 is 0. The van der Waals surface area contributed by atoms with Crippen molar-refractivity contribution in [3.8, 4) is 22.6 Å². The predicted molar refractivity (Wildman–Crippen MR) is 185 cm³/mol. The van der Waals surface area contributed by atoms with Gasteiger partial charge in [-0.05, 0) is 80.1 Å². The van der Waals surface area contributed by atoms with Crippen molar-refractivity contribution in [2.45, 2.75) is 39.0 Å². The first-order chi connectivity index (χ1) is 25.8. The molecule has 2 aromatic carbocycles. The highest BCUT2D eigenvalue weighted by atomic mass is 19.4. The highest BCUT2D eigenvalue weighted by Crippen LogP contribution is 2.30. The number of carbonyl (C=O) groups excluding carboxylic acids is 1. The van der Waals surface area contributed by atoms with Gasteiger partial charge in [0.05, 0.1) is 24.4 Å². The summed E-state index contributed by atoms with van der Waals surface area (Å²) in [4.78, 5) is 34.4. The molecule has 6 rings (SSSR count). The van der Waals surface area contributed by atoms with Crippen LogP contribution in [0.25, 0.3) is 22.6 Å². The summed E-state index contributed by atoms with van der Waals surface area (Å²) in [6, 6.07) is 19.1. The van der Waals surface area contributed by atoms with Crippen LogP contribution in [0.1, 0.15) is 36.0 Å². The Labute approximate surface area is 304 Å². The van der Waals surface area contributed by atoms with Gasteiger partial charge in [-0.2, -0.15) is 36.5 Å². The average Bonchev–Trinajstić information content (AvgIpc) is 3.14. The number of halogens is 6. The van der Waals surface area contributed by atoms with E-state index in [1.54, 1.807) is 73.9 Å². The van der Waals surface area contributed by atoms with E-state index in [1.807, 2.05) is 13.0 Å². The minimum Gasteiger partial charge on any atom is -0.466 e. The van der Waals surface area contributed by atoms with Gasteiger partial charge >= 0.3 is 18.3 Å². The average molecular weight is 749 g/mol. The van der Waals surface area contributed by atoms with E-state index < -0.39 is 23.7 Å². The summed E-state index contributed by atoms with van der Waals surface area (Å²) in [7, 11) is 0. The second-order valence-electron chi connectivity index (χ2n) is 11.2. The first-order valence-corrected chi connectivity index (χ1v) is 16.1. The minimum absolute atomic E-state index is 0.129. The molecule has 0 unspecified atom stereocenters. The SMILES string of the molecule is CCOC(=O)CCc1ccc(-c2cccc(Nc3nccc(C(F)(F)F)n3)c2)nn1.Cc1cc(Nc2nccc(C(F)(F)F)n2)cc(-c2ncccn2)c1. The molecular formula is C36H30F6N10O2. The lowest BCUT2D eigenvalue weighted by atomic mass is 10.1. The van der Waals surface area contributed by atoms with Crippen LogP contribution in [0.3, 0.4) is 0 Å². The van der Waals surface area contributed by atoms with Crippen LogP contribution in [0.5, 0.6) is 0 Å². The molecule has 0 spiro atoms. The maximum atomic E-state index is 12.8. The topological polar surface area (TPSA) is 153 Å². The normalized spacial score (nSPS) is 11.3. The monoisotopic (exact) mass is 748 g/mol. The number of aryl methyl sites for hydroxylation is 2. The number of nitrogens with one attached hydrogen (secondary N) is 2. The Kier molecular flexibility index (Phi) is 12.4. The van der Waals surface area contributed by atoms with Crippen LogP contribution in [0, 0.1) is 6.92 Å². The number of carbonyl (C=O) groups is 1. The number of rotatable bonds is 10. The summed E-state index contributed by atoms with van der Waals surface area (Å²) < 4.78 is 81.5. The van der Waals surface area contributed by atoms with Crippen molar-refractivity contribution in [2.24, 2.45) is 0 Å². The van der Waals surface area contributed by atoms with E-state index in [0.717, 1.165) is 35.7 Å².